The zero-order valence-corrected chi connectivity index (χ0v) is 18.5. The summed E-state index contributed by atoms with van der Waals surface area (Å²) in [6, 6.07) is 8.24. The van der Waals surface area contributed by atoms with E-state index in [1.807, 2.05) is 6.92 Å². The number of alkyl carbamates (subject to hydrolysis) is 1. The van der Waals surface area contributed by atoms with E-state index in [9.17, 15) is 14.4 Å². The lowest BCUT2D eigenvalue weighted by atomic mass is 9.93. The van der Waals surface area contributed by atoms with E-state index in [0.717, 1.165) is 10.5 Å². The number of rotatable bonds is 10. The van der Waals surface area contributed by atoms with Gasteiger partial charge in [0.1, 0.15) is 0 Å². The minimum Gasteiger partial charge on any atom is -0.450 e. The van der Waals surface area contributed by atoms with Gasteiger partial charge in [-0.15, -0.1) is 0 Å². The molecule has 29 heavy (non-hydrogen) atoms. The third kappa shape index (κ3) is 8.64. The van der Waals surface area contributed by atoms with E-state index in [4.69, 9.17) is 4.74 Å². The molecule has 0 bridgehead atoms. The Balaban J connectivity index is 2.69. The summed E-state index contributed by atoms with van der Waals surface area (Å²) in [5.41, 5.74) is 2.33. The minimum absolute atomic E-state index is 0.0260. The lowest BCUT2D eigenvalue weighted by Crippen LogP contribution is -3.14. The molecule has 0 aliphatic heterocycles. The van der Waals surface area contributed by atoms with Crippen LogP contribution in [0.4, 0.5) is 4.79 Å². The maximum Gasteiger partial charge on any atom is 0.414 e. The Morgan fingerprint density at radius 2 is 1.48 bits per heavy atom. The molecule has 1 aromatic rings. The third-order valence-electron chi connectivity index (χ3n) is 4.78. The monoisotopic (exact) mass is 406 g/mol. The highest BCUT2D eigenvalue weighted by molar-refractivity contribution is 5.92. The Labute approximate surface area is 174 Å². The summed E-state index contributed by atoms with van der Waals surface area (Å²) in [5, 5.41) is 5.26. The van der Waals surface area contributed by atoms with Crippen LogP contribution in [0.2, 0.25) is 0 Å². The summed E-state index contributed by atoms with van der Waals surface area (Å²) in [7, 11) is 0. The van der Waals surface area contributed by atoms with Crippen LogP contribution in [0.5, 0.6) is 0 Å². The molecule has 0 fully saturated rings. The summed E-state index contributed by atoms with van der Waals surface area (Å²) in [6.07, 6.45) is -0.762. The summed E-state index contributed by atoms with van der Waals surface area (Å²) < 4.78 is 4.70. The second kappa shape index (κ2) is 12.2. The highest BCUT2D eigenvalue weighted by Gasteiger charge is 2.23. The number of hydrogen-bond acceptors (Lipinski definition) is 4. The molecule has 0 aliphatic carbocycles. The maximum atomic E-state index is 12.6. The average Bonchev–Trinajstić information content (AvgIpc) is 2.65. The maximum absolute atomic E-state index is 12.6. The van der Waals surface area contributed by atoms with Crippen LogP contribution >= 0.6 is 0 Å². The van der Waals surface area contributed by atoms with Crippen molar-refractivity contribution in [2.45, 2.75) is 53.5 Å². The van der Waals surface area contributed by atoms with Crippen LogP contribution in [0.25, 0.3) is 0 Å². The first-order valence-corrected chi connectivity index (χ1v) is 10.4. The Kier molecular flexibility index (Phi) is 10.4. The normalized spacial score (nSPS) is 13.1. The predicted molar refractivity (Wildman–Crippen MR) is 113 cm³/mol. The number of likely N-dealkylation sites (N-methyl/N-ethyl adjacent to an activating group) is 1. The standard InChI is InChI=1S/C22H35N3O4/c1-7-25(14-20(27)24-22(28)29-8-2)13-19(26)23-21(16(5)6)18-11-9-17(10-12-18)15(3)4/h9-12,15-16,21H,7-8,13-14H2,1-6H3,(H,23,26)(H,24,27,28)/p+1/t21-/m0/s1. The van der Waals surface area contributed by atoms with E-state index >= 15 is 0 Å². The van der Waals surface area contributed by atoms with Gasteiger partial charge in [0.2, 0.25) is 0 Å². The Morgan fingerprint density at radius 1 is 0.931 bits per heavy atom. The highest BCUT2D eigenvalue weighted by atomic mass is 16.5. The van der Waals surface area contributed by atoms with E-state index in [2.05, 4.69) is 62.6 Å². The fourth-order valence-corrected chi connectivity index (χ4v) is 3.04. The van der Waals surface area contributed by atoms with E-state index in [1.54, 1.807) is 6.92 Å². The number of hydrogen-bond donors (Lipinski definition) is 3. The second-order valence-corrected chi connectivity index (χ2v) is 7.84. The Hall–Kier alpha value is -2.41. The molecular weight excluding hydrogens is 370 g/mol. The molecule has 1 unspecified atom stereocenters. The van der Waals surface area contributed by atoms with Crippen LogP contribution in [0, 0.1) is 5.92 Å². The summed E-state index contributed by atoms with van der Waals surface area (Å²) >= 11 is 0. The molecule has 1 aromatic carbocycles. The van der Waals surface area contributed by atoms with Gasteiger partial charge in [0.15, 0.2) is 13.1 Å². The lowest BCUT2D eigenvalue weighted by molar-refractivity contribution is -0.881. The predicted octanol–water partition coefficient (Wildman–Crippen LogP) is 1.80. The molecular formula is C22H36N3O4+. The van der Waals surface area contributed by atoms with Crippen molar-refractivity contribution in [2.24, 2.45) is 5.92 Å². The van der Waals surface area contributed by atoms with Crippen molar-refractivity contribution in [1.29, 1.82) is 0 Å². The van der Waals surface area contributed by atoms with Crippen molar-refractivity contribution >= 4 is 17.9 Å². The van der Waals surface area contributed by atoms with Crippen molar-refractivity contribution < 1.29 is 24.0 Å². The number of quaternary nitrogens is 1. The van der Waals surface area contributed by atoms with Gasteiger partial charge in [0, 0.05) is 0 Å². The lowest BCUT2D eigenvalue weighted by Gasteiger charge is -2.24. The molecule has 0 spiro atoms. The minimum atomic E-state index is -0.762. The SMILES string of the molecule is CCOC(=O)NC(=O)C[NH+](CC)CC(=O)N[C@H](c1ccc(C(C)C)cc1)C(C)C. The molecule has 0 aromatic heterocycles. The van der Waals surface area contributed by atoms with Gasteiger partial charge in [-0.3, -0.25) is 14.9 Å². The van der Waals surface area contributed by atoms with Crippen molar-refractivity contribution in [3.05, 3.63) is 35.4 Å². The van der Waals surface area contributed by atoms with Crippen molar-refractivity contribution in [2.75, 3.05) is 26.2 Å². The topological polar surface area (TPSA) is 88.9 Å². The molecule has 3 N–H and O–H groups in total. The largest absolute Gasteiger partial charge is 0.450 e. The van der Waals surface area contributed by atoms with Crippen molar-refractivity contribution in [1.82, 2.24) is 10.6 Å². The van der Waals surface area contributed by atoms with Gasteiger partial charge in [-0.05, 0) is 36.8 Å². The number of benzene rings is 1. The van der Waals surface area contributed by atoms with Gasteiger partial charge in [0.05, 0.1) is 19.2 Å². The van der Waals surface area contributed by atoms with E-state index < -0.39 is 12.0 Å². The molecule has 7 heteroatoms. The van der Waals surface area contributed by atoms with Gasteiger partial charge in [-0.2, -0.15) is 0 Å². The number of ether oxygens (including phenoxy) is 1. The fraction of sp³-hybridized carbons (Fsp3) is 0.591. The molecule has 0 saturated carbocycles. The summed E-state index contributed by atoms with van der Waals surface area (Å²) in [4.78, 5) is 36.7. The number of nitrogens with one attached hydrogen (secondary N) is 3. The average molecular weight is 407 g/mol. The van der Waals surface area contributed by atoms with Crippen LogP contribution in [-0.2, 0) is 14.3 Å². The van der Waals surface area contributed by atoms with E-state index in [-0.39, 0.29) is 37.6 Å². The number of carbonyl (C=O) groups is 3. The smallest absolute Gasteiger partial charge is 0.414 e. The molecule has 0 radical (unpaired) electrons. The zero-order valence-electron chi connectivity index (χ0n) is 18.5. The summed E-state index contributed by atoms with van der Waals surface area (Å²) in [6.45, 7) is 13.0. The molecule has 2 atom stereocenters. The van der Waals surface area contributed by atoms with Crippen molar-refractivity contribution in [3.8, 4) is 0 Å². The van der Waals surface area contributed by atoms with Gasteiger partial charge in [-0.1, -0.05) is 52.0 Å². The van der Waals surface area contributed by atoms with E-state index in [0.29, 0.717) is 12.5 Å². The van der Waals surface area contributed by atoms with Crippen molar-refractivity contribution in [3.63, 3.8) is 0 Å². The molecule has 7 nitrogen and oxygen atoms in total. The Morgan fingerprint density at radius 3 is 1.97 bits per heavy atom. The molecule has 1 rings (SSSR count). The molecule has 162 valence electrons. The summed E-state index contributed by atoms with van der Waals surface area (Å²) in [5.74, 6) is 0.0925. The number of amides is 3. The first-order chi connectivity index (χ1) is 13.7. The molecule has 0 heterocycles. The molecule has 0 aliphatic rings. The van der Waals surface area contributed by atoms with Crippen LogP contribution in [0.1, 0.15) is 64.6 Å². The van der Waals surface area contributed by atoms with Crippen LogP contribution in [0.15, 0.2) is 24.3 Å². The quantitative estimate of drug-likeness (QED) is 0.553. The number of carbonyl (C=O) groups excluding carboxylic acids is 3. The first-order valence-electron chi connectivity index (χ1n) is 10.4. The third-order valence-corrected chi connectivity index (χ3v) is 4.78. The van der Waals surface area contributed by atoms with Crippen LogP contribution in [-0.4, -0.2) is 44.1 Å². The Bertz CT molecular complexity index is 671. The molecule has 3 amide bonds. The van der Waals surface area contributed by atoms with Crippen LogP contribution < -0.4 is 15.5 Å². The van der Waals surface area contributed by atoms with Gasteiger partial charge < -0.3 is 15.0 Å². The first kappa shape index (κ1) is 24.6. The van der Waals surface area contributed by atoms with Crippen LogP contribution in [0.3, 0.4) is 0 Å². The molecule has 0 saturated heterocycles. The van der Waals surface area contributed by atoms with Gasteiger partial charge in [-0.25, -0.2) is 4.79 Å². The number of imide groups is 1. The van der Waals surface area contributed by atoms with Gasteiger partial charge in [0.25, 0.3) is 11.8 Å². The second-order valence-electron chi connectivity index (χ2n) is 7.84. The van der Waals surface area contributed by atoms with Gasteiger partial charge >= 0.3 is 6.09 Å². The zero-order chi connectivity index (χ0) is 22.0. The highest BCUT2D eigenvalue weighted by Crippen LogP contribution is 2.23. The van der Waals surface area contributed by atoms with E-state index in [1.165, 1.54) is 5.56 Å². The fourth-order valence-electron chi connectivity index (χ4n) is 3.04.